The van der Waals surface area contributed by atoms with Gasteiger partial charge in [0, 0.05) is 30.8 Å². The second kappa shape index (κ2) is 7.48. The van der Waals surface area contributed by atoms with Gasteiger partial charge in [0.2, 0.25) is 5.95 Å². The van der Waals surface area contributed by atoms with Crippen LogP contribution >= 0.6 is 0 Å². The summed E-state index contributed by atoms with van der Waals surface area (Å²) in [5, 5.41) is 13.2. The number of benzene rings is 2. The summed E-state index contributed by atoms with van der Waals surface area (Å²) in [4.78, 5) is 12.0. The summed E-state index contributed by atoms with van der Waals surface area (Å²) in [7, 11) is 0. The van der Waals surface area contributed by atoms with Crippen molar-refractivity contribution >= 4 is 17.5 Å². The van der Waals surface area contributed by atoms with Crippen molar-refractivity contribution in [1.29, 1.82) is 0 Å². The van der Waals surface area contributed by atoms with Crippen LogP contribution in [0.4, 0.5) is 17.5 Å². The first-order chi connectivity index (χ1) is 14.2. The third-order valence-corrected chi connectivity index (χ3v) is 5.81. The van der Waals surface area contributed by atoms with E-state index in [1.54, 1.807) is 0 Å². The van der Waals surface area contributed by atoms with Crippen LogP contribution in [-0.2, 0) is 13.0 Å². The average molecular weight is 386 g/mol. The first-order valence-electron chi connectivity index (χ1n) is 10.4. The SMILES string of the molecule is C[C@H](O)c1ccc2c(c1)CCN(c1cc(C3CC3)nc(Nc3ccccc3)n1)C2. The molecule has 5 heteroatoms. The molecule has 0 saturated heterocycles. The highest BCUT2D eigenvalue weighted by Crippen LogP contribution is 2.40. The van der Waals surface area contributed by atoms with Crippen LogP contribution in [0.2, 0.25) is 0 Å². The molecular formula is C24H26N4O. The lowest BCUT2D eigenvalue weighted by atomic mass is 9.96. The number of para-hydroxylation sites is 1. The zero-order chi connectivity index (χ0) is 19.8. The molecule has 0 radical (unpaired) electrons. The molecule has 5 nitrogen and oxygen atoms in total. The fraction of sp³-hybridized carbons (Fsp3) is 0.333. The van der Waals surface area contributed by atoms with Gasteiger partial charge in [-0.2, -0.15) is 4.98 Å². The summed E-state index contributed by atoms with van der Waals surface area (Å²) >= 11 is 0. The molecule has 0 amide bonds. The third-order valence-electron chi connectivity index (χ3n) is 5.81. The van der Waals surface area contributed by atoms with E-state index in [0.717, 1.165) is 42.3 Å². The minimum absolute atomic E-state index is 0.423. The molecule has 0 spiro atoms. The van der Waals surface area contributed by atoms with Crippen LogP contribution in [0.3, 0.4) is 0 Å². The molecule has 1 fully saturated rings. The molecule has 1 aliphatic carbocycles. The quantitative estimate of drug-likeness (QED) is 0.665. The number of hydrogen-bond donors (Lipinski definition) is 2. The summed E-state index contributed by atoms with van der Waals surface area (Å²) in [5.41, 5.74) is 5.78. The van der Waals surface area contributed by atoms with Gasteiger partial charge in [-0.1, -0.05) is 36.4 Å². The molecule has 2 aliphatic rings. The van der Waals surface area contributed by atoms with Crippen LogP contribution < -0.4 is 10.2 Å². The van der Waals surface area contributed by atoms with Gasteiger partial charge in [-0.3, -0.25) is 0 Å². The largest absolute Gasteiger partial charge is 0.389 e. The molecule has 1 aliphatic heterocycles. The molecule has 5 rings (SSSR count). The average Bonchev–Trinajstić information content (AvgIpc) is 3.59. The van der Waals surface area contributed by atoms with Gasteiger partial charge in [0.25, 0.3) is 0 Å². The first kappa shape index (κ1) is 18.1. The van der Waals surface area contributed by atoms with Gasteiger partial charge in [-0.25, -0.2) is 4.98 Å². The van der Waals surface area contributed by atoms with E-state index in [1.165, 1.54) is 24.0 Å². The predicted octanol–water partition coefficient (Wildman–Crippen LogP) is 4.71. The zero-order valence-corrected chi connectivity index (χ0v) is 16.7. The van der Waals surface area contributed by atoms with Gasteiger partial charge in [-0.05, 0) is 55.0 Å². The van der Waals surface area contributed by atoms with E-state index in [1.807, 2.05) is 43.3 Å². The van der Waals surface area contributed by atoms with Crippen LogP contribution in [0.5, 0.6) is 0 Å². The maximum Gasteiger partial charge on any atom is 0.229 e. The molecule has 2 N–H and O–H groups in total. The highest BCUT2D eigenvalue weighted by Gasteiger charge is 2.28. The number of aliphatic hydroxyl groups excluding tert-OH is 1. The van der Waals surface area contributed by atoms with E-state index >= 15 is 0 Å². The molecule has 0 bridgehead atoms. The molecule has 148 valence electrons. The van der Waals surface area contributed by atoms with Crippen LogP contribution in [-0.4, -0.2) is 21.6 Å². The highest BCUT2D eigenvalue weighted by molar-refractivity contribution is 5.56. The Kier molecular flexibility index (Phi) is 4.68. The molecule has 1 aromatic heterocycles. The Morgan fingerprint density at radius 2 is 1.86 bits per heavy atom. The topological polar surface area (TPSA) is 61.3 Å². The second-order valence-electron chi connectivity index (χ2n) is 8.12. The minimum atomic E-state index is -0.423. The normalized spacial score (nSPS) is 17.0. The Morgan fingerprint density at radius 1 is 1.03 bits per heavy atom. The van der Waals surface area contributed by atoms with E-state index in [0.29, 0.717) is 11.9 Å². The van der Waals surface area contributed by atoms with Crippen LogP contribution in [0.25, 0.3) is 0 Å². The van der Waals surface area contributed by atoms with Crippen molar-refractivity contribution in [2.24, 2.45) is 0 Å². The van der Waals surface area contributed by atoms with E-state index < -0.39 is 6.10 Å². The number of nitrogens with one attached hydrogen (secondary N) is 1. The number of nitrogens with zero attached hydrogens (tertiary/aromatic N) is 3. The first-order valence-corrected chi connectivity index (χ1v) is 10.4. The standard InChI is InChI=1S/C24H26N4O/c1-16(29)18-9-10-20-15-28(12-11-19(20)13-18)23-14-22(17-7-8-17)26-24(27-23)25-21-5-3-2-4-6-21/h2-6,9-10,13-14,16-17,29H,7-8,11-12,15H2,1H3,(H,25,26,27)/t16-/m0/s1. The van der Waals surface area contributed by atoms with Crippen molar-refractivity contribution in [1.82, 2.24) is 9.97 Å². The predicted molar refractivity (Wildman–Crippen MR) is 116 cm³/mol. The van der Waals surface area contributed by atoms with Crippen LogP contribution in [0, 0.1) is 0 Å². The Balaban J connectivity index is 1.43. The summed E-state index contributed by atoms with van der Waals surface area (Å²) in [6.45, 7) is 3.57. The number of aromatic nitrogens is 2. The van der Waals surface area contributed by atoms with Crippen molar-refractivity contribution in [3.8, 4) is 0 Å². The van der Waals surface area contributed by atoms with Crippen LogP contribution in [0.1, 0.15) is 54.2 Å². The third kappa shape index (κ3) is 3.96. The summed E-state index contributed by atoms with van der Waals surface area (Å²) < 4.78 is 0. The Morgan fingerprint density at radius 3 is 2.62 bits per heavy atom. The van der Waals surface area contributed by atoms with E-state index in [4.69, 9.17) is 9.97 Å². The lowest BCUT2D eigenvalue weighted by Gasteiger charge is -2.30. The fourth-order valence-corrected chi connectivity index (χ4v) is 3.94. The molecule has 2 heterocycles. The fourth-order valence-electron chi connectivity index (χ4n) is 3.94. The smallest absolute Gasteiger partial charge is 0.229 e. The Hall–Kier alpha value is -2.92. The monoisotopic (exact) mass is 386 g/mol. The van der Waals surface area contributed by atoms with Gasteiger partial charge in [-0.15, -0.1) is 0 Å². The van der Waals surface area contributed by atoms with Crippen molar-refractivity contribution < 1.29 is 5.11 Å². The summed E-state index contributed by atoms with van der Waals surface area (Å²) in [5.74, 6) is 2.23. The molecule has 1 saturated carbocycles. The molecule has 3 aromatic rings. The summed E-state index contributed by atoms with van der Waals surface area (Å²) in [6, 6.07) is 18.6. The summed E-state index contributed by atoms with van der Waals surface area (Å²) in [6.07, 6.45) is 2.96. The number of aliphatic hydroxyl groups is 1. The molecule has 2 aromatic carbocycles. The zero-order valence-electron chi connectivity index (χ0n) is 16.7. The Labute approximate surface area is 171 Å². The lowest BCUT2D eigenvalue weighted by Crippen LogP contribution is -2.31. The molecule has 1 atom stereocenters. The Bertz CT molecular complexity index is 1010. The maximum absolute atomic E-state index is 9.86. The number of rotatable bonds is 5. The van der Waals surface area contributed by atoms with Gasteiger partial charge >= 0.3 is 0 Å². The highest BCUT2D eigenvalue weighted by atomic mass is 16.3. The minimum Gasteiger partial charge on any atom is -0.389 e. The number of hydrogen-bond acceptors (Lipinski definition) is 5. The van der Waals surface area contributed by atoms with Gasteiger partial charge in [0.15, 0.2) is 0 Å². The van der Waals surface area contributed by atoms with Gasteiger partial charge in [0.1, 0.15) is 5.82 Å². The molecule has 29 heavy (non-hydrogen) atoms. The van der Waals surface area contributed by atoms with Gasteiger partial charge in [0.05, 0.1) is 11.8 Å². The van der Waals surface area contributed by atoms with E-state index in [9.17, 15) is 5.11 Å². The number of anilines is 3. The second-order valence-corrected chi connectivity index (χ2v) is 8.12. The molecular weight excluding hydrogens is 360 g/mol. The molecule has 0 unspecified atom stereocenters. The van der Waals surface area contributed by atoms with Crippen molar-refractivity contribution in [2.75, 3.05) is 16.8 Å². The van der Waals surface area contributed by atoms with Crippen LogP contribution in [0.15, 0.2) is 54.6 Å². The van der Waals surface area contributed by atoms with E-state index in [2.05, 4.69) is 28.4 Å². The van der Waals surface area contributed by atoms with Crippen molar-refractivity contribution in [3.63, 3.8) is 0 Å². The van der Waals surface area contributed by atoms with E-state index in [-0.39, 0.29) is 0 Å². The maximum atomic E-state index is 9.86. The lowest BCUT2D eigenvalue weighted by molar-refractivity contribution is 0.199. The van der Waals surface area contributed by atoms with Crippen molar-refractivity contribution in [2.45, 2.75) is 44.8 Å². The number of fused-ring (bicyclic) bond motifs is 1. The van der Waals surface area contributed by atoms with Crippen molar-refractivity contribution in [3.05, 3.63) is 77.0 Å². The van der Waals surface area contributed by atoms with Gasteiger partial charge < -0.3 is 15.3 Å².